The third-order valence-corrected chi connectivity index (χ3v) is 4.32. The van der Waals surface area contributed by atoms with E-state index in [2.05, 4.69) is 46.0 Å². The van der Waals surface area contributed by atoms with Crippen molar-refractivity contribution in [1.29, 1.82) is 0 Å². The van der Waals surface area contributed by atoms with Gasteiger partial charge in [0.1, 0.15) is 0 Å². The Hall–Kier alpha value is -2.73. The summed E-state index contributed by atoms with van der Waals surface area (Å²) in [6.07, 6.45) is 0.878. The molecule has 27 heavy (non-hydrogen) atoms. The largest absolute Gasteiger partial charge is 0.454 e. The van der Waals surface area contributed by atoms with Crippen molar-refractivity contribution in [2.24, 2.45) is 4.99 Å². The van der Waals surface area contributed by atoms with Crippen molar-refractivity contribution >= 4 is 5.96 Å². The zero-order valence-corrected chi connectivity index (χ0v) is 16.0. The van der Waals surface area contributed by atoms with E-state index in [1.165, 1.54) is 16.7 Å². The molecule has 0 bridgehead atoms. The summed E-state index contributed by atoms with van der Waals surface area (Å²) in [5.74, 6) is 2.42. The molecular formula is C21H27N3O3. The lowest BCUT2D eigenvalue weighted by Crippen LogP contribution is -2.37. The fourth-order valence-corrected chi connectivity index (χ4v) is 2.80. The van der Waals surface area contributed by atoms with Crippen molar-refractivity contribution < 1.29 is 14.2 Å². The van der Waals surface area contributed by atoms with Gasteiger partial charge in [0.25, 0.3) is 0 Å². The lowest BCUT2D eigenvalue weighted by molar-refractivity contribution is 0.134. The molecular weight excluding hydrogens is 342 g/mol. The topological polar surface area (TPSA) is 64.1 Å². The fourth-order valence-electron chi connectivity index (χ4n) is 2.80. The van der Waals surface area contributed by atoms with E-state index in [4.69, 9.17) is 14.2 Å². The maximum absolute atomic E-state index is 5.42. The van der Waals surface area contributed by atoms with Gasteiger partial charge in [-0.25, -0.2) is 0 Å². The lowest BCUT2D eigenvalue weighted by atomic mass is 10.1. The van der Waals surface area contributed by atoms with Gasteiger partial charge in [-0.05, 0) is 42.2 Å². The van der Waals surface area contributed by atoms with Crippen LogP contribution in [0.1, 0.15) is 23.6 Å². The van der Waals surface area contributed by atoms with Crippen LogP contribution >= 0.6 is 0 Å². The highest BCUT2D eigenvalue weighted by Crippen LogP contribution is 2.32. The maximum Gasteiger partial charge on any atom is 0.231 e. The SMILES string of the molecule is CCOCc1ccc(CNC(=NC)NCCc2ccc3c(c2)OCO3)cc1. The van der Waals surface area contributed by atoms with Gasteiger partial charge in [0, 0.05) is 26.7 Å². The molecule has 0 aromatic heterocycles. The zero-order chi connectivity index (χ0) is 18.9. The number of hydrogen-bond acceptors (Lipinski definition) is 4. The molecule has 0 spiro atoms. The number of guanidine groups is 1. The van der Waals surface area contributed by atoms with Gasteiger partial charge in [0.05, 0.1) is 6.61 Å². The van der Waals surface area contributed by atoms with E-state index < -0.39 is 0 Å². The molecule has 2 N–H and O–H groups in total. The highest BCUT2D eigenvalue weighted by molar-refractivity contribution is 5.79. The van der Waals surface area contributed by atoms with Crippen LogP contribution in [0.4, 0.5) is 0 Å². The molecule has 0 saturated heterocycles. The standard InChI is InChI=1S/C21H27N3O3/c1-3-25-14-18-6-4-17(5-7-18)13-24-21(22-2)23-11-10-16-8-9-19-20(12-16)27-15-26-19/h4-9,12H,3,10-11,13-15H2,1-2H3,(H2,22,23,24). The summed E-state index contributed by atoms with van der Waals surface area (Å²) in [5, 5.41) is 6.68. The first-order valence-electron chi connectivity index (χ1n) is 9.27. The Bertz CT molecular complexity index is 760. The second-order valence-corrected chi connectivity index (χ2v) is 6.24. The number of hydrogen-bond donors (Lipinski definition) is 2. The van der Waals surface area contributed by atoms with E-state index >= 15 is 0 Å². The first-order valence-corrected chi connectivity index (χ1v) is 9.27. The highest BCUT2D eigenvalue weighted by atomic mass is 16.7. The van der Waals surface area contributed by atoms with Crippen molar-refractivity contribution in [3.8, 4) is 11.5 Å². The Morgan fingerprint density at radius 3 is 2.52 bits per heavy atom. The van der Waals surface area contributed by atoms with Gasteiger partial charge in [-0.1, -0.05) is 30.3 Å². The Kier molecular flexibility index (Phi) is 6.93. The van der Waals surface area contributed by atoms with Crippen molar-refractivity contribution in [2.45, 2.75) is 26.5 Å². The monoisotopic (exact) mass is 369 g/mol. The zero-order valence-electron chi connectivity index (χ0n) is 16.0. The summed E-state index contributed by atoms with van der Waals surface area (Å²) in [4.78, 5) is 4.28. The van der Waals surface area contributed by atoms with Crippen LogP contribution in [0.2, 0.25) is 0 Å². The normalized spacial score (nSPS) is 12.9. The minimum absolute atomic E-state index is 0.306. The van der Waals surface area contributed by atoms with Gasteiger partial charge < -0.3 is 24.8 Å². The van der Waals surface area contributed by atoms with Crippen LogP contribution in [0.15, 0.2) is 47.5 Å². The van der Waals surface area contributed by atoms with Crippen LogP contribution in [0.5, 0.6) is 11.5 Å². The Morgan fingerprint density at radius 1 is 1.00 bits per heavy atom. The summed E-state index contributed by atoms with van der Waals surface area (Å²) < 4.78 is 16.2. The van der Waals surface area contributed by atoms with Crippen molar-refractivity contribution in [3.05, 3.63) is 59.2 Å². The van der Waals surface area contributed by atoms with Crippen LogP contribution < -0.4 is 20.1 Å². The number of ether oxygens (including phenoxy) is 3. The molecule has 1 heterocycles. The van der Waals surface area contributed by atoms with E-state index in [0.717, 1.165) is 43.6 Å². The smallest absolute Gasteiger partial charge is 0.231 e. The number of nitrogens with zero attached hydrogens (tertiary/aromatic N) is 1. The highest BCUT2D eigenvalue weighted by Gasteiger charge is 2.12. The molecule has 2 aromatic carbocycles. The van der Waals surface area contributed by atoms with Crippen molar-refractivity contribution in [1.82, 2.24) is 10.6 Å². The summed E-state index contributed by atoms with van der Waals surface area (Å²) in [7, 11) is 1.78. The molecule has 6 heteroatoms. The average molecular weight is 369 g/mol. The fraction of sp³-hybridized carbons (Fsp3) is 0.381. The van der Waals surface area contributed by atoms with Crippen LogP contribution in [0.25, 0.3) is 0 Å². The predicted octanol–water partition coefficient (Wildman–Crippen LogP) is 2.86. The molecule has 0 fully saturated rings. The summed E-state index contributed by atoms with van der Waals surface area (Å²) in [5.41, 5.74) is 3.59. The Labute approximate surface area is 160 Å². The second kappa shape index (κ2) is 9.83. The molecule has 0 atom stereocenters. The van der Waals surface area contributed by atoms with Gasteiger partial charge >= 0.3 is 0 Å². The molecule has 3 rings (SSSR count). The van der Waals surface area contributed by atoms with Gasteiger partial charge in [-0.15, -0.1) is 0 Å². The van der Waals surface area contributed by atoms with Gasteiger partial charge in [-0.2, -0.15) is 0 Å². The number of fused-ring (bicyclic) bond motifs is 1. The maximum atomic E-state index is 5.42. The van der Waals surface area contributed by atoms with Crippen LogP contribution in [-0.4, -0.2) is 33.0 Å². The van der Waals surface area contributed by atoms with Crippen LogP contribution in [0.3, 0.4) is 0 Å². The number of nitrogens with one attached hydrogen (secondary N) is 2. The van der Waals surface area contributed by atoms with Crippen LogP contribution in [0, 0.1) is 0 Å². The molecule has 6 nitrogen and oxygen atoms in total. The third kappa shape index (κ3) is 5.62. The summed E-state index contributed by atoms with van der Waals surface area (Å²) in [6, 6.07) is 14.5. The van der Waals surface area contributed by atoms with E-state index in [1.54, 1.807) is 7.05 Å². The van der Waals surface area contributed by atoms with E-state index in [1.807, 2.05) is 19.1 Å². The number of rotatable bonds is 8. The second-order valence-electron chi connectivity index (χ2n) is 6.24. The lowest BCUT2D eigenvalue weighted by Gasteiger charge is -2.12. The van der Waals surface area contributed by atoms with E-state index in [9.17, 15) is 0 Å². The first kappa shape index (κ1) is 19.0. The van der Waals surface area contributed by atoms with Crippen LogP contribution in [-0.2, 0) is 24.3 Å². The molecule has 144 valence electrons. The molecule has 0 unspecified atom stereocenters. The first-order chi connectivity index (χ1) is 13.3. The quantitative estimate of drug-likeness (QED) is 0.553. The third-order valence-electron chi connectivity index (χ3n) is 4.32. The van der Waals surface area contributed by atoms with Gasteiger partial charge in [0.2, 0.25) is 6.79 Å². The Morgan fingerprint density at radius 2 is 1.74 bits per heavy atom. The van der Waals surface area contributed by atoms with Crippen molar-refractivity contribution in [3.63, 3.8) is 0 Å². The average Bonchev–Trinajstić information content (AvgIpc) is 3.17. The molecule has 0 aliphatic carbocycles. The minimum Gasteiger partial charge on any atom is -0.454 e. The molecule has 1 aliphatic rings. The van der Waals surface area contributed by atoms with E-state index in [0.29, 0.717) is 13.4 Å². The molecule has 2 aromatic rings. The Balaban J connectivity index is 1.41. The molecule has 1 aliphatic heterocycles. The molecule has 0 saturated carbocycles. The minimum atomic E-state index is 0.306. The summed E-state index contributed by atoms with van der Waals surface area (Å²) in [6.45, 7) is 5.21. The summed E-state index contributed by atoms with van der Waals surface area (Å²) >= 11 is 0. The molecule has 0 amide bonds. The van der Waals surface area contributed by atoms with Crippen molar-refractivity contribution in [2.75, 3.05) is 27.0 Å². The van der Waals surface area contributed by atoms with E-state index in [-0.39, 0.29) is 0 Å². The van der Waals surface area contributed by atoms with Gasteiger partial charge in [-0.3, -0.25) is 4.99 Å². The number of benzene rings is 2. The number of aliphatic imine (C=N–C) groups is 1. The molecule has 0 radical (unpaired) electrons. The van der Waals surface area contributed by atoms with Gasteiger partial charge in [0.15, 0.2) is 17.5 Å². The predicted molar refractivity (Wildman–Crippen MR) is 106 cm³/mol.